The van der Waals surface area contributed by atoms with E-state index in [-0.39, 0.29) is 24.9 Å². The Morgan fingerprint density at radius 1 is 1.56 bits per heavy atom. The lowest BCUT2D eigenvalue weighted by atomic mass is 10.3. The summed E-state index contributed by atoms with van der Waals surface area (Å²) in [7, 11) is 0. The van der Waals surface area contributed by atoms with Crippen molar-refractivity contribution in [3.8, 4) is 0 Å². The molecular weight excluding hydrogens is 216 g/mol. The second-order valence-corrected chi connectivity index (χ2v) is 3.06. The first-order valence-electron chi connectivity index (χ1n) is 4.57. The average molecular weight is 230 g/mol. The predicted octanol–water partition coefficient (Wildman–Crippen LogP) is 0.164. The molecule has 1 unspecified atom stereocenters. The number of carboxylic acids is 1. The molecule has 6 heteroatoms. The maximum Gasteiger partial charge on any atom is 0.327 e. The second-order valence-electron chi connectivity index (χ2n) is 3.06. The molecule has 0 aromatic carbocycles. The number of rotatable bonds is 5. The number of aliphatic carboxylic acids is 1. The van der Waals surface area contributed by atoms with Crippen LogP contribution in [-0.2, 0) is 23.9 Å². The van der Waals surface area contributed by atoms with Crippen molar-refractivity contribution in [1.82, 2.24) is 0 Å². The molecule has 1 rings (SSSR count). The molecule has 90 valence electrons. The molecular formula is C10H14O6. The smallest absolute Gasteiger partial charge is 0.327 e. The van der Waals surface area contributed by atoms with E-state index in [9.17, 15) is 14.4 Å². The predicted molar refractivity (Wildman–Crippen MR) is 53.8 cm³/mol. The first-order valence-corrected chi connectivity index (χ1v) is 4.57. The number of hydrogen-bond donors (Lipinski definition) is 1. The van der Waals surface area contributed by atoms with Crippen molar-refractivity contribution in [3.63, 3.8) is 0 Å². The largest absolute Gasteiger partial charge is 0.478 e. The Balaban J connectivity index is 0.000000385. The molecule has 0 aromatic heterocycles. The van der Waals surface area contributed by atoms with Gasteiger partial charge in [0.05, 0.1) is 6.61 Å². The summed E-state index contributed by atoms with van der Waals surface area (Å²) in [5.41, 5.74) is 0. The summed E-state index contributed by atoms with van der Waals surface area (Å²) >= 11 is 0. The van der Waals surface area contributed by atoms with Gasteiger partial charge in [-0.05, 0) is 6.92 Å². The van der Waals surface area contributed by atoms with E-state index in [2.05, 4.69) is 6.58 Å². The second kappa shape index (κ2) is 7.58. The number of ether oxygens (including phenoxy) is 2. The first-order chi connectivity index (χ1) is 7.45. The van der Waals surface area contributed by atoms with Gasteiger partial charge in [-0.1, -0.05) is 6.58 Å². The fraction of sp³-hybridized carbons (Fsp3) is 0.500. The Labute approximate surface area is 92.8 Å². The number of ketones is 1. The number of carbonyl (C=O) groups excluding carboxylic acids is 2. The molecule has 1 saturated heterocycles. The maximum atomic E-state index is 10.7. The lowest BCUT2D eigenvalue weighted by Crippen LogP contribution is -2.12. The van der Waals surface area contributed by atoms with Crippen molar-refractivity contribution in [1.29, 1.82) is 0 Å². The van der Waals surface area contributed by atoms with Crippen LogP contribution in [0.2, 0.25) is 0 Å². The molecule has 0 aromatic rings. The van der Waals surface area contributed by atoms with Crippen LogP contribution in [-0.4, -0.2) is 42.1 Å². The van der Waals surface area contributed by atoms with E-state index in [0.29, 0.717) is 6.61 Å². The molecule has 1 fully saturated rings. The van der Waals surface area contributed by atoms with Gasteiger partial charge in [-0.2, -0.15) is 0 Å². The summed E-state index contributed by atoms with van der Waals surface area (Å²) in [6, 6.07) is 0. The van der Waals surface area contributed by atoms with Crippen molar-refractivity contribution in [2.24, 2.45) is 0 Å². The van der Waals surface area contributed by atoms with E-state index in [0.717, 1.165) is 6.08 Å². The van der Waals surface area contributed by atoms with Gasteiger partial charge in [0.1, 0.15) is 24.9 Å². The lowest BCUT2D eigenvalue weighted by Gasteiger charge is -1.98. The van der Waals surface area contributed by atoms with Crippen LogP contribution in [0.3, 0.4) is 0 Å². The Hall–Kier alpha value is -1.69. The van der Waals surface area contributed by atoms with Gasteiger partial charge >= 0.3 is 11.9 Å². The molecule has 0 aliphatic carbocycles. The Morgan fingerprint density at radius 3 is 2.38 bits per heavy atom. The third kappa shape index (κ3) is 10.4. The van der Waals surface area contributed by atoms with Crippen LogP contribution in [0, 0.1) is 0 Å². The van der Waals surface area contributed by atoms with Gasteiger partial charge in [0.2, 0.25) is 0 Å². The molecule has 0 amide bonds. The molecule has 16 heavy (non-hydrogen) atoms. The van der Waals surface area contributed by atoms with Crippen LogP contribution in [0.15, 0.2) is 12.7 Å². The van der Waals surface area contributed by atoms with Gasteiger partial charge in [-0.25, -0.2) is 4.79 Å². The molecule has 1 aliphatic heterocycles. The van der Waals surface area contributed by atoms with Gasteiger partial charge in [-0.3, -0.25) is 9.59 Å². The standard InChI is InChI=1S/C7H10O4.C3H4O2/c1-5(8)2-7(9)11-4-6-3-10-6;1-2-3(4)5/h6H,2-4H2,1H3;2H,1H2,(H,4,5). The highest BCUT2D eigenvalue weighted by molar-refractivity contribution is 5.94. The highest BCUT2D eigenvalue weighted by atomic mass is 16.6. The van der Waals surface area contributed by atoms with Gasteiger partial charge in [0, 0.05) is 6.08 Å². The normalized spacial score (nSPS) is 16.4. The van der Waals surface area contributed by atoms with Crippen molar-refractivity contribution in [2.75, 3.05) is 13.2 Å². The van der Waals surface area contributed by atoms with Crippen molar-refractivity contribution < 1.29 is 29.0 Å². The van der Waals surface area contributed by atoms with Crippen molar-refractivity contribution >= 4 is 17.7 Å². The van der Waals surface area contributed by atoms with Gasteiger partial charge in [-0.15, -0.1) is 0 Å². The zero-order valence-corrected chi connectivity index (χ0v) is 8.97. The number of hydrogen-bond acceptors (Lipinski definition) is 5. The molecule has 0 saturated carbocycles. The Kier molecular flexibility index (Phi) is 6.78. The lowest BCUT2D eigenvalue weighted by molar-refractivity contribution is -0.146. The minimum Gasteiger partial charge on any atom is -0.478 e. The van der Waals surface area contributed by atoms with Gasteiger partial charge in [0.25, 0.3) is 0 Å². The third-order valence-corrected chi connectivity index (χ3v) is 1.40. The molecule has 1 atom stereocenters. The highest BCUT2D eigenvalue weighted by Gasteiger charge is 2.24. The van der Waals surface area contributed by atoms with Crippen LogP contribution in [0.25, 0.3) is 0 Å². The summed E-state index contributed by atoms with van der Waals surface area (Å²) < 4.78 is 9.49. The fourth-order valence-electron chi connectivity index (χ4n) is 0.604. The number of carboxylic acid groups (broad SMARTS) is 1. The highest BCUT2D eigenvalue weighted by Crippen LogP contribution is 2.08. The molecule has 1 heterocycles. The van der Waals surface area contributed by atoms with Crippen LogP contribution >= 0.6 is 0 Å². The summed E-state index contributed by atoms with van der Waals surface area (Å²) in [6.45, 7) is 5.26. The van der Waals surface area contributed by atoms with Crippen molar-refractivity contribution in [2.45, 2.75) is 19.4 Å². The molecule has 1 aliphatic rings. The monoisotopic (exact) mass is 230 g/mol. The number of Topliss-reactive ketones (excluding diaryl/α,β-unsaturated/α-hetero) is 1. The topological polar surface area (TPSA) is 93.2 Å². The van der Waals surface area contributed by atoms with E-state index in [1.54, 1.807) is 0 Å². The molecule has 0 radical (unpaired) electrons. The third-order valence-electron chi connectivity index (χ3n) is 1.40. The molecule has 6 nitrogen and oxygen atoms in total. The maximum absolute atomic E-state index is 10.7. The van der Waals surface area contributed by atoms with Crippen LogP contribution in [0.4, 0.5) is 0 Å². The summed E-state index contributed by atoms with van der Waals surface area (Å²) in [6.07, 6.45) is 0.776. The average Bonchev–Trinajstić information content (AvgIpc) is 2.98. The van der Waals surface area contributed by atoms with E-state index >= 15 is 0 Å². The summed E-state index contributed by atoms with van der Waals surface area (Å²) in [5.74, 6) is -1.62. The Morgan fingerprint density at radius 2 is 2.06 bits per heavy atom. The number of epoxide rings is 1. The minimum atomic E-state index is -0.981. The first kappa shape index (κ1) is 14.3. The SMILES string of the molecule is C=CC(=O)O.CC(=O)CC(=O)OCC1CO1. The van der Waals surface area contributed by atoms with Gasteiger partial charge in [0.15, 0.2) is 0 Å². The van der Waals surface area contributed by atoms with Crippen molar-refractivity contribution in [3.05, 3.63) is 12.7 Å². The molecule has 0 spiro atoms. The fourth-order valence-corrected chi connectivity index (χ4v) is 0.604. The van der Waals surface area contributed by atoms with E-state index in [1.165, 1.54) is 6.92 Å². The molecule has 1 N–H and O–H groups in total. The number of esters is 1. The van der Waals surface area contributed by atoms with Crippen LogP contribution in [0.5, 0.6) is 0 Å². The zero-order valence-electron chi connectivity index (χ0n) is 8.97. The van der Waals surface area contributed by atoms with Gasteiger partial charge < -0.3 is 14.6 Å². The summed E-state index contributed by atoms with van der Waals surface area (Å²) in [5, 5.41) is 7.60. The van der Waals surface area contributed by atoms with E-state index in [4.69, 9.17) is 14.6 Å². The van der Waals surface area contributed by atoms with Crippen LogP contribution < -0.4 is 0 Å². The van der Waals surface area contributed by atoms with Crippen LogP contribution in [0.1, 0.15) is 13.3 Å². The summed E-state index contributed by atoms with van der Waals surface area (Å²) in [4.78, 5) is 30.3. The number of carbonyl (C=O) groups is 3. The zero-order chi connectivity index (χ0) is 12.6. The van der Waals surface area contributed by atoms with E-state index in [1.807, 2.05) is 0 Å². The quantitative estimate of drug-likeness (QED) is 0.313. The Bertz CT molecular complexity index is 279. The van der Waals surface area contributed by atoms with E-state index < -0.39 is 11.9 Å². The minimum absolute atomic E-state index is 0.0749. The molecule has 0 bridgehead atoms.